The van der Waals surface area contributed by atoms with Gasteiger partial charge in [-0.3, -0.25) is 0 Å². The van der Waals surface area contributed by atoms with Gasteiger partial charge in [-0.1, -0.05) is 42.6 Å². The smallest absolute Gasteiger partial charge is 0.335 e. The number of hydrogen-bond donors (Lipinski definition) is 1. The number of carboxylic acids is 1. The zero-order valence-electron chi connectivity index (χ0n) is 10.2. The van der Waals surface area contributed by atoms with Crippen molar-refractivity contribution in [1.82, 2.24) is 0 Å². The summed E-state index contributed by atoms with van der Waals surface area (Å²) in [5.74, 6) is -0.969. The van der Waals surface area contributed by atoms with E-state index in [0.29, 0.717) is 5.56 Å². The van der Waals surface area contributed by atoms with Gasteiger partial charge in [0, 0.05) is 9.79 Å². The molecule has 1 heterocycles. The van der Waals surface area contributed by atoms with E-state index in [0.717, 1.165) is 6.42 Å². The maximum atomic E-state index is 11.0. The molecular weight excluding hydrogens is 256 g/mol. The van der Waals surface area contributed by atoms with Crippen molar-refractivity contribution in [2.24, 2.45) is 0 Å². The van der Waals surface area contributed by atoms with Crippen LogP contribution in [0.4, 0.5) is 0 Å². The molecular formula is C16H12O2S. The number of carbonyl (C=O) groups is 1. The van der Waals surface area contributed by atoms with Gasteiger partial charge in [-0.15, -0.1) is 0 Å². The third kappa shape index (κ3) is 2.17. The molecule has 0 aromatic heterocycles. The number of benzene rings is 2. The van der Waals surface area contributed by atoms with Gasteiger partial charge in [0.05, 0.1) is 5.57 Å². The molecule has 0 fully saturated rings. The summed E-state index contributed by atoms with van der Waals surface area (Å²) in [5, 5.41) is 8.99. The quantitative estimate of drug-likeness (QED) is 0.717. The summed E-state index contributed by atoms with van der Waals surface area (Å²) in [4.78, 5) is 13.4. The number of carboxylic acid groups (broad SMARTS) is 1. The van der Waals surface area contributed by atoms with Gasteiger partial charge in [0.15, 0.2) is 0 Å². The van der Waals surface area contributed by atoms with Crippen LogP contribution in [0.2, 0.25) is 0 Å². The summed E-state index contributed by atoms with van der Waals surface area (Å²) in [6, 6.07) is 14.1. The second-order valence-corrected chi connectivity index (χ2v) is 5.58. The predicted molar refractivity (Wildman–Crippen MR) is 76.5 cm³/mol. The molecule has 0 atom stereocenters. The fraction of sp³-hybridized carbons (Fsp3) is 0.0625. The van der Waals surface area contributed by atoms with E-state index in [1.807, 2.05) is 30.3 Å². The maximum absolute atomic E-state index is 11.0. The predicted octanol–water partition coefficient (Wildman–Crippen LogP) is 3.84. The highest BCUT2D eigenvalue weighted by atomic mass is 32.2. The number of aliphatic carboxylic acids is 1. The third-order valence-electron chi connectivity index (χ3n) is 3.24. The topological polar surface area (TPSA) is 37.3 Å². The molecule has 0 saturated carbocycles. The monoisotopic (exact) mass is 268 g/mol. The number of fused-ring (bicyclic) bond motifs is 2. The summed E-state index contributed by atoms with van der Waals surface area (Å²) < 4.78 is 0. The van der Waals surface area contributed by atoms with Gasteiger partial charge in [-0.2, -0.15) is 0 Å². The van der Waals surface area contributed by atoms with Gasteiger partial charge in [0.1, 0.15) is 0 Å². The second-order valence-electron chi connectivity index (χ2n) is 4.49. The highest BCUT2D eigenvalue weighted by molar-refractivity contribution is 7.99. The number of rotatable bonds is 2. The fourth-order valence-electron chi connectivity index (χ4n) is 2.20. The first-order valence-corrected chi connectivity index (χ1v) is 6.78. The minimum atomic E-state index is -0.969. The van der Waals surface area contributed by atoms with Crippen LogP contribution >= 0.6 is 11.8 Å². The zero-order chi connectivity index (χ0) is 13.4. The molecule has 0 amide bonds. The fourth-order valence-corrected chi connectivity index (χ4v) is 3.25. The zero-order valence-corrected chi connectivity index (χ0v) is 11.0. The van der Waals surface area contributed by atoms with E-state index in [1.165, 1.54) is 20.9 Å². The summed E-state index contributed by atoms with van der Waals surface area (Å²) >= 11 is 1.73. The molecule has 2 aromatic carbocycles. The van der Waals surface area contributed by atoms with Crippen LogP contribution in [-0.4, -0.2) is 11.1 Å². The SMILES string of the molecule is C=C(C(=O)O)c1ccc2c(c1)Cc1ccccc1S2. The van der Waals surface area contributed by atoms with Gasteiger partial charge in [-0.05, 0) is 41.3 Å². The second kappa shape index (κ2) is 4.59. The van der Waals surface area contributed by atoms with Crippen molar-refractivity contribution >= 4 is 23.3 Å². The van der Waals surface area contributed by atoms with Gasteiger partial charge in [0.2, 0.25) is 0 Å². The van der Waals surface area contributed by atoms with Gasteiger partial charge in [-0.25, -0.2) is 4.79 Å². The molecule has 3 heteroatoms. The standard InChI is InChI=1S/C16H12O2S/c1-10(16(17)18)11-6-7-15-13(8-11)9-12-4-2-3-5-14(12)19-15/h2-8H,1,9H2,(H,17,18). The Bertz CT molecular complexity index is 689. The number of hydrogen-bond acceptors (Lipinski definition) is 2. The molecule has 0 saturated heterocycles. The summed E-state index contributed by atoms with van der Waals surface area (Å²) in [7, 11) is 0. The minimum absolute atomic E-state index is 0.145. The maximum Gasteiger partial charge on any atom is 0.335 e. The molecule has 1 aliphatic rings. The van der Waals surface area contributed by atoms with Crippen LogP contribution in [0.5, 0.6) is 0 Å². The van der Waals surface area contributed by atoms with Crippen molar-refractivity contribution < 1.29 is 9.90 Å². The van der Waals surface area contributed by atoms with Crippen molar-refractivity contribution in [3.05, 3.63) is 65.7 Å². The van der Waals surface area contributed by atoms with Crippen LogP contribution in [-0.2, 0) is 11.2 Å². The molecule has 0 bridgehead atoms. The van der Waals surface area contributed by atoms with Crippen molar-refractivity contribution in [1.29, 1.82) is 0 Å². The molecule has 19 heavy (non-hydrogen) atoms. The molecule has 2 aromatic rings. The molecule has 1 N–H and O–H groups in total. The minimum Gasteiger partial charge on any atom is -0.478 e. The van der Waals surface area contributed by atoms with E-state index in [2.05, 4.69) is 18.7 Å². The van der Waals surface area contributed by atoms with Gasteiger partial charge >= 0.3 is 5.97 Å². The lowest BCUT2D eigenvalue weighted by atomic mass is 9.99. The third-order valence-corrected chi connectivity index (χ3v) is 4.48. The Kier molecular flexibility index (Phi) is 2.91. The Hall–Kier alpha value is -2.00. The Morgan fingerprint density at radius 1 is 1.11 bits per heavy atom. The van der Waals surface area contributed by atoms with E-state index < -0.39 is 5.97 Å². The largest absolute Gasteiger partial charge is 0.478 e. The lowest BCUT2D eigenvalue weighted by Gasteiger charge is -2.19. The van der Waals surface area contributed by atoms with E-state index in [-0.39, 0.29) is 5.57 Å². The summed E-state index contributed by atoms with van der Waals surface area (Å²) in [6.07, 6.45) is 0.846. The van der Waals surface area contributed by atoms with E-state index in [4.69, 9.17) is 5.11 Å². The average molecular weight is 268 g/mol. The van der Waals surface area contributed by atoms with Gasteiger partial charge in [0.25, 0.3) is 0 Å². The Balaban J connectivity index is 2.01. The van der Waals surface area contributed by atoms with E-state index in [1.54, 1.807) is 11.8 Å². The van der Waals surface area contributed by atoms with Crippen molar-refractivity contribution in [2.45, 2.75) is 16.2 Å². The molecule has 3 rings (SSSR count). The normalized spacial score (nSPS) is 12.4. The molecule has 0 aliphatic carbocycles. The van der Waals surface area contributed by atoms with E-state index in [9.17, 15) is 4.79 Å². The Morgan fingerprint density at radius 2 is 1.84 bits per heavy atom. The first kappa shape index (κ1) is 12.1. The lowest BCUT2D eigenvalue weighted by Crippen LogP contribution is -2.03. The molecule has 1 aliphatic heterocycles. The van der Waals surface area contributed by atoms with Crippen LogP contribution < -0.4 is 0 Å². The van der Waals surface area contributed by atoms with Crippen LogP contribution in [0.25, 0.3) is 5.57 Å². The van der Waals surface area contributed by atoms with Crippen LogP contribution in [0.1, 0.15) is 16.7 Å². The molecule has 0 spiro atoms. The first-order valence-electron chi connectivity index (χ1n) is 5.96. The first-order chi connectivity index (χ1) is 9.15. The van der Waals surface area contributed by atoms with Crippen molar-refractivity contribution in [2.75, 3.05) is 0 Å². The Morgan fingerprint density at radius 3 is 2.63 bits per heavy atom. The van der Waals surface area contributed by atoms with Crippen LogP contribution in [0.3, 0.4) is 0 Å². The molecule has 0 radical (unpaired) electrons. The average Bonchev–Trinajstić information content (AvgIpc) is 2.43. The van der Waals surface area contributed by atoms with Crippen LogP contribution in [0.15, 0.2) is 58.8 Å². The van der Waals surface area contributed by atoms with Crippen LogP contribution in [0, 0.1) is 0 Å². The van der Waals surface area contributed by atoms with Crippen molar-refractivity contribution in [3.8, 4) is 0 Å². The van der Waals surface area contributed by atoms with Gasteiger partial charge < -0.3 is 5.11 Å². The van der Waals surface area contributed by atoms with E-state index >= 15 is 0 Å². The van der Waals surface area contributed by atoms with Crippen molar-refractivity contribution in [3.63, 3.8) is 0 Å². The Labute approximate surface area is 115 Å². The molecule has 94 valence electrons. The highest BCUT2D eigenvalue weighted by Crippen LogP contribution is 2.40. The highest BCUT2D eigenvalue weighted by Gasteiger charge is 2.17. The molecule has 0 unspecified atom stereocenters. The lowest BCUT2D eigenvalue weighted by molar-refractivity contribution is -0.130. The summed E-state index contributed by atoms with van der Waals surface area (Å²) in [5.41, 5.74) is 3.29. The summed E-state index contributed by atoms with van der Waals surface area (Å²) in [6.45, 7) is 3.61. The molecule has 2 nitrogen and oxygen atoms in total.